The first kappa shape index (κ1) is 40.1. The number of para-hydroxylation sites is 1. The molecule has 0 unspecified atom stereocenters. The normalized spacial score (nSPS) is 12.9. The van der Waals surface area contributed by atoms with Gasteiger partial charge in [-0.15, -0.1) is 24.8 Å². The number of aliphatic hydroxyl groups is 1. The van der Waals surface area contributed by atoms with Crippen LogP contribution in [0.5, 0.6) is 11.5 Å². The molecule has 0 radical (unpaired) electrons. The lowest BCUT2D eigenvalue weighted by molar-refractivity contribution is -0.132. The minimum atomic E-state index is -0.408. The fourth-order valence-corrected chi connectivity index (χ4v) is 5.73. The number of aliphatic hydroxyl groups excluding tert-OH is 1. The van der Waals surface area contributed by atoms with Gasteiger partial charge in [-0.1, -0.05) is 12.1 Å². The maximum absolute atomic E-state index is 13.7. The number of methoxy groups -OCH3 is 1. The quantitative estimate of drug-likeness (QED) is 0.154. The van der Waals surface area contributed by atoms with Gasteiger partial charge in [-0.05, 0) is 81.3 Å². The molecule has 14 heteroatoms. The lowest BCUT2D eigenvalue weighted by atomic mass is 10.1. The first-order valence-electron chi connectivity index (χ1n) is 16.2. The van der Waals surface area contributed by atoms with Crippen molar-refractivity contribution in [1.82, 2.24) is 19.8 Å². The first-order chi connectivity index (χ1) is 23.2. The van der Waals surface area contributed by atoms with Crippen molar-refractivity contribution in [1.29, 1.82) is 0 Å². The molecule has 4 aromatic rings. The van der Waals surface area contributed by atoms with Gasteiger partial charge in [-0.3, -0.25) is 14.4 Å². The molecule has 1 aliphatic heterocycles. The van der Waals surface area contributed by atoms with Crippen LogP contribution in [-0.2, 0) is 11.4 Å². The van der Waals surface area contributed by atoms with E-state index in [1.54, 1.807) is 43.4 Å². The van der Waals surface area contributed by atoms with Gasteiger partial charge in [-0.2, -0.15) is 0 Å². The number of hydrogen-bond acceptors (Lipinski definition) is 8. The molecule has 0 spiro atoms. The zero-order valence-electron chi connectivity index (χ0n) is 28.9. The fraction of sp³-hybridized carbons (Fsp3) is 0.389. The number of anilines is 2. The standard InChI is InChI=1S/C36H44N6O6.2ClH/c1-24-12-15-29(31(21-24)48-20-7-5-6-11-33(44)42-18-16-40(2)17-19-42)41(3)36(46)25-13-14-27(30(22-25)47-4)38-35(45)26-9-8-10-28-34(26)39-32(23-43)37-28;;/h8-10,12-15,21-22,43H,5-7,11,16-20,23H2,1-4H3,(H,37,39)(H,38,45);2*1H. The highest BCUT2D eigenvalue weighted by Gasteiger charge is 2.22. The number of fused-ring (bicyclic) bond motifs is 1. The van der Waals surface area contributed by atoms with Crippen LogP contribution in [0.25, 0.3) is 11.0 Å². The third kappa shape index (κ3) is 9.66. The number of carbonyl (C=O) groups is 3. The highest BCUT2D eigenvalue weighted by Crippen LogP contribution is 2.32. The summed E-state index contributed by atoms with van der Waals surface area (Å²) in [5.41, 5.74) is 3.80. The number of carbonyl (C=O) groups excluding carboxylic acids is 3. The number of halogens is 2. The van der Waals surface area contributed by atoms with Crippen molar-refractivity contribution in [3.05, 3.63) is 77.1 Å². The summed E-state index contributed by atoms with van der Waals surface area (Å²) in [6, 6.07) is 15.7. The summed E-state index contributed by atoms with van der Waals surface area (Å²) in [5.74, 6) is 0.823. The maximum Gasteiger partial charge on any atom is 0.258 e. The van der Waals surface area contributed by atoms with E-state index >= 15 is 0 Å². The van der Waals surface area contributed by atoms with Gasteiger partial charge in [0.25, 0.3) is 11.8 Å². The van der Waals surface area contributed by atoms with E-state index in [9.17, 15) is 19.5 Å². The second kappa shape index (κ2) is 18.6. The predicted octanol–water partition coefficient (Wildman–Crippen LogP) is 5.46. The number of rotatable bonds is 13. The molecule has 0 saturated carbocycles. The number of hydrogen-bond donors (Lipinski definition) is 3. The van der Waals surface area contributed by atoms with Crippen molar-refractivity contribution in [2.75, 3.05) is 64.2 Å². The summed E-state index contributed by atoms with van der Waals surface area (Å²) < 4.78 is 11.7. The van der Waals surface area contributed by atoms with Gasteiger partial charge in [0.15, 0.2) is 0 Å². The third-order valence-corrected chi connectivity index (χ3v) is 8.58. The number of nitrogens with one attached hydrogen (secondary N) is 2. The Morgan fingerprint density at radius 3 is 2.46 bits per heavy atom. The highest BCUT2D eigenvalue weighted by molar-refractivity contribution is 6.12. The number of unbranched alkanes of at least 4 members (excludes halogenated alkanes) is 2. The number of ether oxygens (including phenoxy) is 2. The zero-order chi connectivity index (χ0) is 34.2. The van der Waals surface area contributed by atoms with E-state index in [0.29, 0.717) is 63.9 Å². The van der Waals surface area contributed by atoms with Crippen molar-refractivity contribution in [3.63, 3.8) is 0 Å². The van der Waals surface area contributed by atoms with Crippen molar-refractivity contribution in [2.24, 2.45) is 0 Å². The largest absolute Gasteiger partial charge is 0.495 e. The first-order valence-corrected chi connectivity index (χ1v) is 16.2. The molecule has 1 fully saturated rings. The number of aryl methyl sites for hydroxylation is 1. The number of piperazine rings is 1. The van der Waals surface area contributed by atoms with Gasteiger partial charge in [0.05, 0.1) is 36.2 Å². The van der Waals surface area contributed by atoms with Crippen LogP contribution in [0.2, 0.25) is 0 Å². The van der Waals surface area contributed by atoms with Gasteiger partial charge in [0, 0.05) is 45.2 Å². The Hall–Kier alpha value is -4.36. The molecular weight excluding hydrogens is 683 g/mol. The molecule has 2 heterocycles. The van der Waals surface area contributed by atoms with Crippen LogP contribution in [0.15, 0.2) is 54.6 Å². The minimum Gasteiger partial charge on any atom is -0.495 e. The molecule has 1 saturated heterocycles. The van der Waals surface area contributed by atoms with Gasteiger partial charge in [0.1, 0.15) is 29.4 Å². The Morgan fingerprint density at radius 2 is 1.74 bits per heavy atom. The topological polar surface area (TPSA) is 140 Å². The minimum absolute atomic E-state index is 0. The van der Waals surface area contributed by atoms with Crippen LogP contribution in [0.3, 0.4) is 0 Å². The van der Waals surface area contributed by atoms with E-state index in [0.717, 1.165) is 51.0 Å². The van der Waals surface area contributed by atoms with Crippen LogP contribution in [0, 0.1) is 6.92 Å². The molecule has 3 aromatic carbocycles. The molecule has 5 rings (SSSR count). The summed E-state index contributed by atoms with van der Waals surface area (Å²) in [4.78, 5) is 52.4. The molecule has 0 bridgehead atoms. The second-order valence-corrected chi connectivity index (χ2v) is 12.1. The average molecular weight is 730 g/mol. The Balaban J connectivity index is 0.00000338. The van der Waals surface area contributed by atoms with E-state index in [-0.39, 0.29) is 43.2 Å². The van der Waals surface area contributed by atoms with E-state index in [1.807, 2.05) is 30.0 Å². The van der Waals surface area contributed by atoms with E-state index in [2.05, 4.69) is 27.2 Å². The fourth-order valence-electron chi connectivity index (χ4n) is 5.73. The van der Waals surface area contributed by atoms with Gasteiger partial charge in [0.2, 0.25) is 5.91 Å². The molecule has 50 heavy (non-hydrogen) atoms. The molecule has 3 N–H and O–H groups in total. The number of aromatic nitrogens is 2. The van der Waals surface area contributed by atoms with Crippen molar-refractivity contribution < 1.29 is 29.0 Å². The van der Waals surface area contributed by atoms with E-state index in [1.165, 1.54) is 12.0 Å². The highest BCUT2D eigenvalue weighted by atomic mass is 35.5. The number of amides is 3. The smallest absolute Gasteiger partial charge is 0.258 e. The Kier molecular flexibility index (Phi) is 14.9. The lowest BCUT2D eigenvalue weighted by Gasteiger charge is -2.32. The summed E-state index contributed by atoms with van der Waals surface area (Å²) in [7, 11) is 5.24. The number of benzene rings is 3. The Bertz CT molecular complexity index is 1780. The molecule has 1 aliphatic rings. The zero-order valence-corrected chi connectivity index (χ0v) is 30.5. The van der Waals surface area contributed by atoms with Gasteiger partial charge in [-0.25, -0.2) is 4.98 Å². The third-order valence-electron chi connectivity index (χ3n) is 8.58. The summed E-state index contributed by atoms with van der Waals surface area (Å²) in [5, 5.41) is 12.3. The number of imidazole rings is 1. The van der Waals surface area contributed by atoms with Crippen LogP contribution in [0.1, 0.15) is 57.8 Å². The lowest BCUT2D eigenvalue weighted by Crippen LogP contribution is -2.47. The van der Waals surface area contributed by atoms with E-state index < -0.39 is 5.91 Å². The van der Waals surface area contributed by atoms with Crippen LogP contribution in [-0.4, -0.2) is 96.6 Å². The molecule has 1 aromatic heterocycles. The van der Waals surface area contributed by atoms with Crippen molar-refractivity contribution >= 4 is 64.9 Å². The summed E-state index contributed by atoms with van der Waals surface area (Å²) in [6.45, 7) is 5.60. The summed E-state index contributed by atoms with van der Waals surface area (Å²) in [6.07, 6.45) is 3.03. The number of nitrogens with zero attached hydrogens (tertiary/aromatic N) is 4. The van der Waals surface area contributed by atoms with Gasteiger partial charge >= 0.3 is 0 Å². The summed E-state index contributed by atoms with van der Waals surface area (Å²) >= 11 is 0. The molecule has 270 valence electrons. The maximum atomic E-state index is 13.7. The van der Waals surface area contributed by atoms with E-state index in [4.69, 9.17) is 9.47 Å². The second-order valence-electron chi connectivity index (χ2n) is 12.1. The van der Waals surface area contributed by atoms with Crippen LogP contribution < -0.4 is 19.7 Å². The Morgan fingerprint density at radius 1 is 0.980 bits per heavy atom. The van der Waals surface area contributed by atoms with Gasteiger partial charge < -0.3 is 39.6 Å². The number of H-pyrrole nitrogens is 1. The number of likely N-dealkylation sites (N-methyl/N-ethyl adjacent to an activating group) is 1. The number of aromatic amines is 1. The molecule has 0 aliphatic carbocycles. The monoisotopic (exact) mass is 728 g/mol. The SMILES string of the molecule is COc1cc(C(=O)N(C)c2ccc(C)cc2OCCCCCC(=O)N2CCN(C)CC2)ccc1NC(=O)c1cccc2[nH]c(CO)nc12.Cl.Cl. The molecule has 12 nitrogen and oxygen atoms in total. The Labute approximate surface area is 304 Å². The van der Waals surface area contributed by atoms with Crippen molar-refractivity contribution in [2.45, 2.75) is 39.2 Å². The molecular formula is C36H46Cl2N6O6. The van der Waals surface area contributed by atoms with Crippen molar-refractivity contribution in [3.8, 4) is 11.5 Å². The average Bonchev–Trinajstić information content (AvgIpc) is 3.53. The molecule has 0 atom stereocenters. The van der Waals surface area contributed by atoms with Crippen LogP contribution >= 0.6 is 24.8 Å². The van der Waals surface area contributed by atoms with Crippen LogP contribution in [0.4, 0.5) is 11.4 Å². The molecule has 3 amide bonds. The predicted molar refractivity (Wildman–Crippen MR) is 199 cm³/mol.